The van der Waals surface area contributed by atoms with E-state index in [9.17, 15) is 4.79 Å². The number of nitrogens with zero attached hydrogens (tertiary/aromatic N) is 3. The van der Waals surface area contributed by atoms with Gasteiger partial charge in [0.05, 0.1) is 15.7 Å². The molecule has 4 N–H and O–H groups in total. The van der Waals surface area contributed by atoms with Crippen LogP contribution in [0.15, 0.2) is 22.1 Å². The largest absolute Gasteiger partial charge is 0.369 e. The van der Waals surface area contributed by atoms with E-state index in [1.54, 1.807) is 17.0 Å². The first-order valence-electron chi connectivity index (χ1n) is 7.84. The number of benzene rings is 1. The molecule has 1 spiro atoms. The Hall–Kier alpha value is -1.79. The number of carbonyl (C=O) groups is 1. The molecule has 0 bridgehead atoms. The zero-order valence-corrected chi connectivity index (χ0v) is 14.9. The van der Waals surface area contributed by atoms with Gasteiger partial charge in [0.2, 0.25) is 11.9 Å². The van der Waals surface area contributed by atoms with Crippen molar-refractivity contribution >= 4 is 46.6 Å². The molecule has 1 aromatic rings. The van der Waals surface area contributed by atoms with Crippen LogP contribution >= 0.6 is 23.2 Å². The van der Waals surface area contributed by atoms with Crippen LogP contribution < -0.4 is 16.4 Å². The van der Waals surface area contributed by atoms with Crippen molar-refractivity contribution in [2.45, 2.75) is 44.7 Å². The molecule has 1 aliphatic carbocycles. The van der Waals surface area contributed by atoms with Crippen molar-refractivity contribution in [1.82, 2.24) is 0 Å². The molecule has 8 heteroatoms. The van der Waals surface area contributed by atoms with Gasteiger partial charge in [-0.1, -0.05) is 29.6 Å². The van der Waals surface area contributed by atoms with E-state index in [0.717, 1.165) is 32.1 Å². The van der Waals surface area contributed by atoms with E-state index in [-0.39, 0.29) is 17.7 Å². The lowest BCUT2D eigenvalue weighted by molar-refractivity contribution is 0.101. The van der Waals surface area contributed by atoms with Crippen LogP contribution in [0.25, 0.3) is 0 Å². The van der Waals surface area contributed by atoms with Crippen molar-refractivity contribution in [3.63, 3.8) is 0 Å². The van der Waals surface area contributed by atoms with Crippen molar-refractivity contribution in [1.29, 1.82) is 0 Å². The van der Waals surface area contributed by atoms with Crippen LogP contribution in [0.3, 0.4) is 0 Å². The fourth-order valence-electron chi connectivity index (χ4n) is 3.43. The number of rotatable bonds is 2. The van der Waals surface area contributed by atoms with E-state index in [0.29, 0.717) is 21.3 Å². The summed E-state index contributed by atoms with van der Waals surface area (Å²) >= 11 is 12.9. The lowest BCUT2D eigenvalue weighted by Gasteiger charge is -2.46. The highest BCUT2D eigenvalue weighted by Gasteiger charge is 2.44. The van der Waals surface area contributed by atoms with Crippen molar-refractivity contribution in [3.8, 4) is 0 Å². The van der Waals surface area contributed by atoms with E-state index in [1.807, 2.05) is 0 Å². The molecular formula is C16H19Cl2N5O. The summed E-state index contributed by atoms with van der Waals surface area (Å²) in [4.78, 5) is 22.1. The maximum absolute atomic E-state index is 11.6. The number of anilines is 1. The normalized spacial score (nSPS) is 19.9. The molecule has 1 aliphatic heterocycles. The highest BCUT2D eigenvalue weighted by atomic mass is 35.5. The van der Waals surface area contributed by atoms with Crippen LogP contribution in [0, 0.1) is 0 Å². The fraction of sp³-hybridized carbons (Fsp3) is 0.438. The summed E-state index contributed by atoms with van der Waals surface area (Å²) in [5.74, 6) is 0.266. The summed E-state index contributed by atoms with van der Waals surface area (Å²) in [7, 11) is 0. The Bertz CT molecular complexity index is 730. The zero-order valence-electron chi connectivity index (χ0n) is 13.4. The molecule has 0 radical (unpaired) electrons. The van der Waals surface area contributed by atoms with Gasteiger partial charge in [0, 0.05) is 5.56 Å². The Morgan fingerprint density at radius 2 is 1.75 bits per heavy atom. The quantitative estimate of drug-likeness (QED) is 0.783. The molecule has 128 valence electrons. The molecule has 0 unspecified atom stereocenters. The molecule has 1 heterocycles. The molecule has 1 fully saturated rings. The van der Waals surface area contributed by atoms with Crippen LogP contribution in [-0.2, 0) is 0 Å². The minimum Gasteiger partial charge on any atom is -0.369 e. The number of Topliss-reactive ketones (excluding diaryl/α,β-unsaturated/α-hetero) is 1. The third-order valence-corrected chi connectivity index (χ3v) is 5.07. The van der Waals surface area contributed by atoms with Gasteiger partial charge in [-0.05, 0) is 44.7 Å². The zero-order chi connectivity index (χ0) is 17.5. The summed E-state index contributed by atoms with van der Waals surface area (Å²) in [5, 5.41) is 0.679. The van der Waals surface area contributed by atoms with E-state index in [2.05, 4.69) is 9.98 Å². The van der Waals surface area contributed by atoms with Gasteiger partial charge >= 0.3 is 0 Å². The second-order valence-electron chi connectivity index (χ2n) is 6.16. The van der Waals surface area contributed by atoms with Crippen LogP contribution in [0.1, 0.15) is 49.4 Å². The molecule has 1 saturated carbocycles. The van der Waals surface area contributed by atoms with Gasteiger partial charge in [-0.2, -0.15) is 4.99 Å². The molecule has 0 amide bonds. The summed E-state index contributed by atoms with van der Waals surface area (Å²) in [6.07, 6.45) is 4.70. The highest BCUT2D eigenvalue weighted by Crippen LogP contribution is 2.45. The number of halogens is 2. The minimum atomic E-state index is -0.626. The Labute approximate surface area is 150 Å². The van der Waals surface area contributed by atoms with Crippen molar-refractivity contribution in [2.75, 3.05) is 4.90 Å². The first kappa shape index (κ1) is 17.0. The van der Waals surface area contributed by atoms with Gasteiger partial charge in [-0.25, -0.2) is 4.99 Å². The molecule has 0 saturated heterocycles. The molecule has 0 aromatic heterocycles. The van der Waals surface area contributed by atoms with Gasteiger partial charge in [0.25, 0.3) is 0 Å². The van der Waals surface area contributed by atoms with E-state index in [4.69, 9.17) is 34.7 Å². The van der Waals surface area contributed by atoms with E-state index >= 15 is 0 Å². The van der Waals surface area contributed by atoms with Gasteiger partial charge in [0.1, 0.15) is 5.66 Å². The average molecular weight is 368 g/mol. The third-order valence-electron chi connectivity index (χ3n) is 4.50. The minimum absolute atomic E-state index is 0.111. The highest BCUT2D eigenvalue weighted by molar-refractivity contribution is 6.40. The maximum atomic E-state index is 11.6. The number of aliphatic imine (C=N–C) groups is 2. The van der Waals surface area contributed by atoms with Crippen LogP contribution in [0.5, 0.6) is 0 Å². The molecule has 24 heavy (non-hydrogen) atoms. The molecule has 3 rings (SSSR count). The molecular weight excluding hydrogens is 349 g/mol. The van der Waals surface area contributed by atoms with Gasteiger partial charge < -0.3 is 11.5 Å². The maximum Gasteiger partial charge on any atom is 0.220 e. The number of hydrogen-bond acceptors (Lipinski definition) is 6. The number of carbonyl (C=O) groups excluding carboxylic acids is 1. The van der Waals surface area contributed by atoms with Gasteiger partial charge in [0.15, 0.2) is 5.78 Å². The summed E-state index contributed by atoms with van der Waals surface area (Å²) < 4.78 is 0. The Balaban J connectivity index is 2.16. The predicted octanol–water partition coefficient (Wildman–Crippen LogP) is 3.31. The Kier molecular flexibility index (Phi) is 4.44. The van der Waals surface area contributed by atoms with E-state index in [1.165, 1.54) is 6.92 Å². The number of nitrogens with two attached hydrogens (primary N) is 2. The van der Waals surface area contributed by atoms with Gasteiger partial charge in [-0.3, -0.25) is 9.69 Å². The fourth-order valence-corrected chi connectivity index (χ4v) is 4.08. The number of hydrogen-bond donors (Lipinski definition) is 2. The number of guanidine groups is 2. The SMILES string of the molecule is CC(=O)c1cc(Cl)c(N2C(N)=NC(N)=NC23CCCCC3)c(Cl)c1. The average Bonchev–Trinajstić information content (AvgIpc) is 2.49. The molecule has 2 aliphatic rings. The first-order chi connectivity index (χ1) is 11.3. The predicted molar refractivity (Wildman–Crippen MR) is 98.0 cm³/mol. The Morgan fingerprint density at radius 3 is 2.29 bits per heavy atom. The van der Waals surface area contributed by atoms with Gasteiger partial charge in [-0.15, -0.1) is 0 Å². The first-order valence-corrected chi connectivity index (χ1v) is 8.59. The smallest absolute Gasteiger partial charge is 0.220 e. The topological polar surface area (TPSA) is 97.1 Å². The second-order valence-corrected chi connectivity index (χ2v) is 6.98. The lowest BCUT2D eigenvalue weighted by atomic mass is 9.87. The molecule has 0 atom stereocenters. The summed E-state index contributed by atoms with van der Waals surface area (Å²) in [5.41, 5.74) is 12.4. The van der Waals surface area contributed by atoms with E-state index < -0.39 is 5.66 Å². The number of ketones is 1. The lowest BCUT2D eigenvalue weighted by Crippen LogP contribution is -2.58. The Morgan fingerprint density at radius 1 is 1.17 bits per heavy atom. The molecule has 1 aromatic carbocycles. The van der Waals surface area contributed by atoms with Crippen molar-refractivity contribution in [3.05, 3.63) is 27.7 Å². The monoisotopic (exact) mass is 367 g/mol. The van der Waals surface area contributed by atoms with Crippen LogP contribution in [0.4, 0.5) is 5.69 Å². The second kappa shape index (κ2) is 6.26. The summed E-state index contributed by atoms with van der Waals surface area (Å²) in [6, 6.07) is 3.19. The van der Waals surface area contributed by atoms with Crippen molar-refractivity contribution < 1.29 is 4.79 Å². The standard InChI is InChI=1S/C16H19Cl2N5O/c1-9(24)10-7-11(17)13(12(18)8-10)23-15(20)21-14(19)22-16(23)5-3-2-4-6-16/h7-8H,2-6H2,1H3,(H4,19,20,21,22). The van der Waals surface area contributed by atoms with Crippen molar-refractivity contribution in [2.24, 2.45) is 21.5 Å². The molecule has 6 nitrogen and oxygen atoms in total. The summed E-state index contributed by atoms with van der Waals surface area (Å²) in [6.45, 7) is 1.46. The van der Waals surface area contributed by atoms with Crippen LogP contribution in [0.2, 0.25) is 10.0 Å². The third kappa shape index (κ3) is 2.84. The van der Waals surface area contributed by atoms with Crippen LogP contribution in [-0.4, -0.2) is 23.4 Å².